The molecular weight excluding hydrogens is 303 g/mol. The van der Waals surface area contributed by atoms with Gasteiger partial charge >= 0.3 is 0 Å². The minimum absolute atomic E-state index is 0.222. The Morgan fingerprint density at radius 1 is 1.33 bits per heavy atom. The lowest BCUT2D eigenvalue weighted by Crippen LogP contribution is -2.63. The predicted molar refractivity (Wildman–Crippen MR) is 92.4 cm³/mol. The lowest BCUT2D eigenvalue weighted by molar-refractivity contribution is 0.0497. The molecule has 1 heterocycles. The van der Waals surface area contributed by atoms with E-state index in [2.05, 4.69) is 44.0 Å². The Morgan fingerprint density at radius 2 is 2.00 bits per heavy atom. The molecule has 1 aliphatic rings. The second kappa shape index (κ2) is 6.87. The highest BCUT2D eigenvalue weighted by atomic mass is 35.5. The van der Waals surface area contributed by atoms with E-state index in [1.807, 2.05) is 12.1 Å². The molecule has 4 heteroatoms. The fourth-order valence-electron chi connectivity index (χ4n) is 3.30. The Morgan fingerprint density at radius 3 is 2.57 bits per heavy atom. The first-order valence-corrected chi connectivity index (χ1v) is 8.63. The molecule has 1 aliphatic heterocycles. The highest BCUT2D eigenvalue weighted by molar-refractivity contribution is 6.35. The molecule has 1 N–H and O–H groups in total. The molecule has 118 valence electrons. The second-order valence-electron chi connectivity index (χ2n) is 6.23. The van der Waals surface area contributed by atoms with Crippen molar-refractivity contribution in [1.29, 1.82) is 0 Å². The van der Waals surface area contributed by atoms with Gasteiger partial charge in [-0.05, 0) is 44.4 Å². The van der Waals surface area contributed by atoms with Crippen LogP contribution < -0.4 is 5.32 Å². The molecule has 2 unspecified atom stereocenters. The summed E-state index contributed by atoms with van der Waals surface area (Å²) < 4.78 is 0. The van der Waals surface area contributed by atoms with E-state index in [0.29, 0.717) is 17.1 Å². The summed E-state index contributed by atoms with van der Waals surface area (Å²) in [4.78, 5) is 2.57. The molecule has 2 nitrogen and oxygen atoms in total. The van der Waals surface area contributed by atoms with Crippen molar-refractivity contribution in [1.82, 2.24) is 10.2 Å². The number of nitrogens with one attached hydrogen (secondary N) is 1. The van der Waals surface area contributed by atoms with Gasteiger partial charge in [0.15, 0.2) is 0 Å². The van der Waals surface area contributed by atoms with Crippen molar-refractivity contribution in [3.05, 3.63) is 33.8 Å². The van der Waals surface area contributed by atoms with Crippen molar-refractivity contribution >= 4 is 23.2 Å². The van der Waals surface area contributed by atoms with E-state index < -0.39 is 0 Å². The molecule has 0 amide bonds. The first kappa shape index (κ1) is 17.1. The van der Waals surface area contributed by atoms with E-state index in [9.17, 15) is 0 Å². The Hall–Kier alpha value is -0.280. The number of halogens is 2. The van der Waals surface area contributed by atoms with Gasteiger partial charge in [-0.3, -0.25) is 4.90 Å². The smallest absolute Gasteiger partial charge is 0.0468 e. The largest absolute Gasteiger partial charge is 0.308 e. The molecule has 1 aromatic carbocycles. The number of hydrogen-bond acceptors (Lipinski definition) is 2. The topological polar surface area (TPSA) is 15.3 Å². The van der Waals surface area contributed by atoms with E-state index in [-0.39, 0.29) is 5.54 Å². The van der Waals surface area contributed by atoms with Gasteiger partial charge in [-0.1, -0.05) is 43.1 Å². The monoisotopic (exact) mass is 328 g/mol. The van der Waals surface area contributed by atoms with Crippen molar-refractivity contribution in [2.45, 2.75) is 58.2 Å². The number of benzene rings is 1. The van der Waals surface area contributed by atoms with Gasteiger partial charge in [-0.15, -0.1) is 0 Å². The zero-order valence-electron chi connectivity index (χ0n) is 13.4. The minimum atomic E-state index is 0.222. The molecule has 0 aliphatic carbocycles. The summed E-state index contributed by atoms with van der Waals surface area (Å²) >= 11 is 12.4. The van der Waals surface area contributed by atoms with Crippen LogP contribution in [0.3, 0.4) is 0 Å². The van der Waals surface area contributed by atoms with Crippen LogP contribution >= 0.6 is 23.2 Å². The van der Waals surface area contributed by atoms with Crippen molar-refractivity contribution in [2.24, 2.45) is 0 Å². The third kappa shape index (κ3) is 3.56. The maximum atomic E-state index is 6.40. The molecule has 0 spiro atoms. The van der Waals surface area contributed by atoms with E-state index in [4.69, 9.17) is 23.2 Å². The van der Waals surface area contributed by atoms with Gasteiger partial charge in [0, 0.05) is 40.8 Å². The average molecular weight is 329 g/mol. The van der Waals surface area contributed by atoms with Gasteiger partial charge in [-0.25, -0.2) is 0 Å². The second-order valence-corrected chi connectivity index (χ2v) is 7.08. The Labute approximate surface area is 138 Å². The molecule has 1 fully saturated rings. The van der Waals surface area contributed by atoms with Crippen LogP contribution in [0.5, 0.6) is 0 Å². The minimum Gasteiger partial charge on any atom is -0.308 e. The SMILES string of the molecule is CCC1(CC)CN(C(C)c2ccc(Cl)cc2Cl)C(C)CN1. The molecular formula is C17H26Cl2N2. The lowest BCUT2D eigenvalue weighted by atomic mass is 9.87. The van der Waals surface area contributed by atoms with Crippen molar-refractivity contribution in [3.63, 3.8) is 0 Å². The van der Waals surface area contributed by atoms with E-state index in [0.717, 1.165) is 36.5 Å². The summed E-state index contributed by atoms with van der Waals surface area (Å²) in [6.45, 7) is 11.1. The van der Waals surface area contributed by atoms with Crippen LogP contribution in [-0.2, 0) is 0 Å². The average Bonchev–Trinajstić information content (AvgIpc) is 2.48. The number of nitrogens with zero attached hydrogens (tertiary/aromatic N) is 1. The number of piperazine rings is 1. The molecule has 0 radical (unpaired) electrons. The molecule has 21 heavy (non-hydrogen) atoms. The van der Waals surface area contributed by atoms with Gasteiger partial charge in [-0.2, -0.15) is 0 Å². The van der Waals surface area contributed by atoms with Crippen LogP contribution in [0.2, 0.25) is 10.0 Å². The summed E-state index contributed by atoms with van der Waals surface area (Å²) in [6, 6.07) is 6.62. The van der Waals surface area contributed by atoms with E-state index >= 15 is 0 Å². The third-order valence-corrected chi connectivity index (χ3v) is 5.65. The molecule has 0 bridgehead atoms. The van der Waals surface area contributed by atoms with Crippen molar-refractivity contribution < 1.29 is 0 Å². The fourth-order valence-corrected chi connectivity index (χ4v) is 3.87. The highest BCUT2D eigenvalue weighted by Crippen LogP contribution is 2.34. The number of rotatable bonds is 4. The molecule has 0 saturated carbocycles. The van der Waals surface area contributed by atoms with Crippen LogP contribution in [0.4, 0.5) is 0 Å². The molecule has 0 aromatic heterocycles. The molecule has 1 saturated heterocycles. The van der Waals surface area contributed by atoms with Crippen molar-refractivity contribution in [2.75, 3.05) is 13.1 Å². The summed E-state index contributed by atoms with van der Waals surface area (Å²) in [5, 5.41) is 5.20. The summed E-state index contributed by atoms with van der Waals surface area (Å²) in [6.07, 6.45) is 2.29. The molecule has 1 aromatic rings. The number of hydrogen-bond donors (Lipinski definition) is 1. The van der Waals surface area contributed by atoms with Gasteiger partial charge in [0.1, 0.15) is 0 Å². The van der Waals surface area contributed by atoms with Crippen LogP contribution in [0.1, 0.15) is 52.1 Å². The van der Waals surface area contributed by atoms with Crippen LogP contribution in [0, 0.1) is 0 Å². The van der Waals surface area contributed by atoms with Gasteiger partial charge < -0.3 is 5.32 Å². The quantitative estimate of drug-likeness (QED) is 0.844. The Bertz CT molecular complexity index is 486. The third-order valence-electron chi connectivity index (χ3n) is 5.09. The Balaban J connectivity index is 2.25. The van der Waals surface area contributed by atoms with Crippen LogP contribution in [0.15, 0.2) is 18.2 Å². The predicted octanol–water partition coefficient (Wildman–Crippen LogP) is 4.91. The molecule has 2 atom stereocenters. The summed E-state index contributed by atoms with van der Waals surface area (Å²) in [5.41, 5.74) is 1.38. The standard InChI is InChI=1S/C17H26Cl2N2/c1-5-17(6-2)11-21(12(3)10-20-17)13(4)15-8-7-14(18)9-16(15)19/h7-9,12-13,20H,5-6,10-11H2,1-4H3. The van der Waals surface area contributed by atoms with Gasteiger partial charge in [0.2, 0.25) is 0 Å². The normalized spacial score (nSPS) is 24.0. The lowest BCUT2D eigenvalue weighted by Gasteiger charge is -2.49. The van der Waals surface area contributed by atoms with E-state index in [1.165, 1.54) is 0 Å². The maximum absolute atomic E-state index is 6.40. The van der Waals surface area contributed by atoms with Gasteiger partial charge in [0.05, 0.1) is 0 Å². The zero-order chi connectivity index (χ0) is 15.6. The van der Waals surface area contributed by atoms with Gasteiger partial charge in [0.25, 0.3) is 0 Å². The Kier molecular flexibility index (Phi) is 5.59. The summed E-state index contributed by atoms with van der Waals surface area (Å²) in [7, 11) is 0. The first-order chi connectivity index (χ1) is 9.92. The maximum Gasteiger partial charge on any atom is 0.0468 e. The van der Waals surface area contributed by atoms with Crippen molar-refractivity contribution in [3.8, 4) is 0 Å². The van der Waals surface area contributed by atoms with E-state index in [1.54, 1.807) is 0 Å². The van der Waals surface area contributed by atoms with Crippen LogP contribution in [0.25, 0.3) is 0 Å². The zero-order valence-corrected chi connectivity index (χ0v) is 14.9. The van der Waals surface area contributed by atoms with Crippen LogP contribution in [-0.4, -0.2) is 29.6 Å². The summed E-state index contributed by atoms with van der Waals surface area (Å²) in [5.74, 6) is 0. The first-order valence-electron chi connectivity index (χ1n) is 7.88. The fraction of sp³-hybridized carbons (Fsp3) is 0.647. The molecule has 2 rings (SSSR count). The highest BCUT2D eigenvalue weighted by Gasteiger charge is 2.37.